The van der Waals surface area contributed by atoms with Gasteiger partial charge in [-0.25, -0.2) is 4.39 Å². The molecule has 6 heteroatoms. The molecule has 0 bridgehead atoms. The number of nitro benzene ring substituents is 1. The van der Waals surface area contributed by atoms with Crippen LogP contribution in [0.2, 0.25) is 0 Å². The predicted octanol–water partition coefficient (Wildman–Crippen LogP) is 2.51. The maximum absolute atomic E-state index is 13.9. The first kappa shape index (κ1) is 14.7. The van der Waals surface area contributed by atoms with Gasteiger partial charge in [0.15, 0.2) is 5.82 Å². The first-order valence-electron chi connectivity index (χ1n) is 6.88. The molecular formula is C14H20FN3O2. The predicted molar refractivity (Wildman–Crippen MR) is 76.5 cm³/mol. The van der Waals surface area contributed by atoms with Gasteiger partial charge in [0.25, 0.3) is 5.69 Å². The second-order valence-electron chi connectivity index (χ2n) is 5.57. The van der Waals surface area contributed by atoms with Crippen LogP contribution in [0, 0.1) is 21.8 Å². The van der Waals surface area contributed by atoms with E-state index in [0.717, 1.165) is 38.8 Å². The minimum Gasteiger partial charge on any atom is -0.367 e. The number of hydrogen-bond donors (Lipinski definition) is 0. The summed E-state index contributed by atoms with van der Waals surface area (Å²) in [5, 5.41) is 10.6. The van der Waals surface area contributed by atoms with Crippen molar-refractivity contribution in [3.05, 3.63) is 34.1 Å². The SMILES string of the molecule is CC(C)CN1CCN(c2ccc([N+](=O)[O-])cc2F)CC1. The first-order valence-corrected chi connectivity index (χ1v) is 6.88. The van der Waals surface area contributed by atoms with Gasteiger partial charge in [0.1, 0.15) is 0 Å². The quantitative estimate of drug-likeness (QED) is 0.628. The zero-order valence-corrected chi connectivity index (χ0v) is 11.9. The molecule has 1 aliphatic heterocycles. The Morgan fingerprint density at radius 2 is 1.95 bits per heavy atom. The number of piperazine rings is 1. The van der Waals surface area contributed by atoms with Gasteiger partial charge in [-0.2, -0.15) is 0 Å². The van der Waals surface area contributed by atoms with Gasteiger partial charge in [-0.05, 0) is 12.0 Å². The smallest absolute Gasteiger partial charge is 0.272 e. The number of halogens is 1. The van der Waals surface area contributed by atoms with Gasteiger partial charge in [0.2, 0.25) is 0 Å². The molecule has 1 aromatic carbocycles. The number of nitrogens with zero attached hydrogens (tertiary/aromatic N) is 3. The molecule has 0 aliphatic carbocycles. The van der Waals surface area contributed by atoms with Crippen LogP contribution >= 0.6 is 0 Å². The van der Waals surface area contributed by atoms with Gasteiger partial charge in [-0.15, -0.1) is 0 Å². The summed E-state index contributed by atoms with van der Waals surface area (Å²) >= 11 is 0. The molecule has 5 nitrogen and oxygen atoms in total. The van der Waals surface area contributed by atoms with E-state index in [-0.39, 0.29) is 5.69 Å². The van der Waals surface area contributed by atoms with E-state index in [9.17, 15) is 14.5 Å². The molecule has 1 fully saturated rings. The Kier molecular flexibility index (Phi) is 4.54. The summed E-state index contributed by atoms with van der Waals surface area (Å²) in [6.45, 7) is 8.72. The number of anilines is 1. The number of nitro groups is 1. The second-order valence-corrected chi connectivity index (χ2v) is 5.57. The third-order valence-electron chi connectivity index (χ3n) is 3.48. The van der Waals surface area contributed by atoms with Crippen LogP contribution < -0.4 is 4.90 Å². The zero-order chi connectivity index (χ0) is 14.7. The average molecular weight is 281 g/mol. The van der Waals surface area contributed by atoms with Gasteiger partial charge >= 0.3 is 0 Å². The summed E-state index contributed by atoms with van der Waals surface area (Å²) in [6.07, 6.45) is 0. The molecule has 1 saturated heterocycles. The highest BCUT2D eigenvalue weighted by atomic mass is 19.1. The third kappa shape index (κ3) is 3.45. The molecular weight excluding hydrogens is 261 g/mol. The molecule has 0 aromatic heterocycles. The van der Waals surface area contributed by atoms with Crippen LogP contribution in [-0.4, -0.2) is 42.5 Å². The number of rotatable bonds is 4. The molecule has 0 N–H and O–H groups in total. The lowest BCUT2D eigenvalue weighted by molar-refractivity contribution is -0.385. The minimum atomic E-state index is -0.576. The van der Waals surface area contributed by atoms with E-state index in [1.54, 1.807) is 0 Å². The summed E-state index contributed by atoms with van der Waals surface area (Å²) < 4.78 is 13.9. The highest BCUT2D eigenvalue weighted by molar-refractivity contribution is 5.52. The van der Waals surface area contributed by atoms with Crippen molar-refractivity contribution in [3.8, 4) is 0 Å². The number of hydrogen-bond acceptors (Lipinski definition) is 4. The van der Waals surface area contributed by atoms with E-state index in [2.05, 4.69) is 18.7 Å². The summed E-state index contributed by atoms with van der Waals surface area (Å²) in [7, 11) is 0. The van der Waals surface area contributed by atoms with Crippen LogP contribution in [0.5, 0.6) is 0 Å². The molecule has 0 amide bonds. The lowest BCUT2D eigenvalue weighted by Crippen LogP contribution is -2.47. The molecule has 1 aliphatic rings. The molecule has 1 aromatic rings. The van der Waals surface area contributed by atoms with Crippen molar-refractivity contribution >= 4 is 11.4 Å². The molecule has 110 valence electrons. The summed E-state index contributed by atoms with van der Waals surface area (Å²) in [5.74, 6) is 0.106. The van der Waals surface area contributed by atoms with Crippen molar-refractivity contribution in [2.75, 3.05) is 37.6 Å². The fourth-order valence-corrected chi connectivity index (χ4v) is 2.55. The van der Waals surface area contributed by atoms with E-state index >= 15 is 0 Å². The normalized spacial score (nSPS) is 16.7. The maximum Gasteiger partial charge on any atom is 0.272 e. The second kappa shape index (κ2) is 6.17. The lowest BCUT2D eigenvalue weighted by Gasteiger charge is -2.36. The molecule has 0 saturated carbocycles. The van der Waals surface area contributed by atoms with Crippen LogP contribution in [0.1, 0.15) is 13.8 Å². The van der Waals surface area contributed by atoms with Gasteiger partial charge < -0.3 is 4.90 Å². The molecule has 1 heterocycles. The Morgan fingerprint density at radius 3 is 2.45 bits per heavy atom. The molecule has 0 unspecified atom stereocenters. The van der Waals surface area contributed by atoms with E-state index in [0.29, 0.717) is 11.6 Å². The zero-order valence-electron chi connectivity index (χ0n) is 11.9. The van der Waals surface area contributed by atoms with Crippen molar-refractivity contribution in [2.24, 2.45) is 5.92 Å². The minimum absolute atomic E-state index is 0.204. The van der Waals surface area contributed by atoms with E-state index in [1.807, 2.05) is 4.90 Å². The number of benzene rings is 1. The Hall–Kier alpha value is -1.69. The van der Waals surface area contributed by atoms with Crippen LogP contribution in [0.25, 0.3) is 0 Å². The van der Waals surface area contributed by atoms with Crippen molar-refractivity contribution < 1.29 is 9.31 Å². The molecule has 20 heavy (non-hydrogen) atoms. The van der Waals surface area contributed by atoms with Crippen molar-refractivity contribution in [1.82, 2.24) is 4.90 Å². The molecule has 0 radical (unpaired) electrons. The van der Waals surface area contributed by atoms with Gasteiger partial charge in [-0.3, -0.25) is 15.0 Å². The fraction of sp³-hybridized carbons (Fsp3) is 0.571. The molecule has 2 rings (SSSR count). The Labute approximate surface area is 118 Å². The van der Waals surface area contributed by atoms with Crippen molar-refractivity contribution in [3.63, 3.8) is 0 Å². The van der Waals surface area contributed by atoms with Gasteiger partial charge in [-0.1, -0.05) is 13.8 Å². The van der Waals surface area contributed by atoms with E-state index in [4.69, 9.17) is 0 Å². The molecule has 0 spiro atoms. The topological polar surface area (TPSA) is 49.6 Å². The van der Waals surface area contributed by atoms with E-state index < -0.39 is 10.7 Å². The van der Waals surface area contributed by atoms with Crippen LogP contribution in [0.3, 0.4) is 0 Å². The van der Waals surface area contributed by atoms with Gasteiger partial charge in [0, 0.05) is 38.8 Å². The Morgan fingerprint density at radius 1 is 1.30 bits per heavy atom. The highest BCUT2D eigenvalue weighted by Gasteiger charge is 2.21. The van der Waals surface area contributed by atoms with Crippen LogP contribution in [0.15, 0.2) is 18.2 Å². The lowest BCUT2D eigenvalue weighted by atomic mass is 10.1. The Balaban J connectivity index is 2.02. The summed E-state index contributed by atoms with van der Waals surface area (Å²) in [6, 6.07) is 3.86. The van der Waals surface area contributed by atoms with Gasteiger partial charge in [0.05, 0.1) is 16.7 Å². The summed E-state index contributed by atoms with van der Waals surface area (Å²) in [5.41, 5.74) is 0.254. The monoisotopic (exact) mass is 281 g/mol. The third-order valence-corrected chi connectivity index (χ3v) is 3.48. The Bertz CT molecular complexity index is 485. The summed E-state index contributed by atoms with van der Waals surface area (Å²) in [4.78, 5) is 14.3. The van der Waals surface area contributed by atoms with E-state index in [1.165, 1.54) is 12.1 Å². The number of non-ortho nitro benzene ring substituents is 1. The van der Waals surface area contributed by atoms with Crippen LogP contribution in [-0.2, 0) is 0 Å². The van der Waals surface area contributed by atoms with Crippen molar-refractivity contribution in [1.29, 1.82) is 0 Å². The first-order chi connectivity index (χ1) is 9.47. The van der Waals surface area contributed by atoms with Crippen LogP contribution in [0.4, 0.5) is 15.8 Å². The van der Waals surface area contributed by atoms with Crippen molar-refractivity contribution in [2.45, 2.75) is 13.8 Å². The standard InChI is InChI=1S/C14H20FN3O2/c1-11(2)10-16-5-7-17(8-6-16)14-4-3-12(18(19)20)9-13(14)15/h3-4,9,11H,5-8,10H2,1-2H3. The molecule has 0 atom stereocenters. The largest absolute Gasteiger partial charge is 0.367 e. The highest BCUT2D eigenvalue weighted by Crippen LogP contribution is 2.25. The fourth-order valence-electron chi connectivity index (χ4n) is 2.55. The maximum atomic E-state index is 13.9. The average Bonchev–Trinajstić information content (AvgIpc) is 2.39.